The molecule has 1 aliphatic carbocycles. The maximum absolute atomic E-state index is 6.02. The van der Waals surface area contributed by atoms with E-state index in [1.165, 1.54) is 17.5 Å². The molecule has 1 aliphatic heterocycles. The number of rotatable bonds is 3. The van der Waals surface area contributed by atoms with E-state index in [2.05, 4.69) is 60.2 Å². The van der Waals surface area contributed by atoms with Gasteiger partial charge in [-0.05, 0) is 37.3 Å². The van der Waals surface area contributed by atoms with Gasteiger partial charge in [-0.25, -0.2) is 0 Å². The fourth-order valence-electron chi connectivity index (χ4n) is 3.05. The summed E-state index contributed by atoms with van der Waals surface area (Å²) in [6.45, 7) is 9.89. The molecule has 4 nitrogen and oxygen atoms in total. The summed E-state index contributed by atoms with van der Waals surface area (Å²) in [5.74, 6) is 1.83. The van der Waals surface area contributed by atoms with Crippen molar-refractivity contribution in [2.75, 3.05) is 26.2 Å². The Morgan fingerprint density at radius 1 is 1.39 bits per heavy atom. The van der Waals surface area contributed by atoms with E-state index >= 15 is 0 Å². The summed E-state index contributed by atoms with van der Waals surface area (Å²) in [7, 11) is 0. The Morgan fingerprint density at radius 2 is 2.13 bits per heavy atom. The summed E-state index contributed by atoms with van der Waals surface area (Å²) >= 11 is 0. The Labute approximate surface area is 156 Å². The Morgan fingerprint density at radius 3 is 2.78 bits per heavy atom. The zero-order chi connectivity index (χ0) is 15.5. The summed E-state index contributed by atoms with van der Waals surface area (Å²) in [6, 6.07) is 9.11. The minimum atomic E-state index is 0. The Balaban J connectivity index is 0.00000192. The van der Waals surface area contributed by atoms with Crippen molar-refractivity contribution in [2.24, 2.45) is 10.9 Å². The fraction of sp³-hybridized carbons (Fsp3) is 0.611. The molecule has 1 saturated heterocycles. The van der Waals surface area contributed by atoms with Crippen LogP contribution in [0.4, 0.5) is 0 Å². The normalized spacial score (nSPS) is 27.3. The topological polar surface area (TPSA) is 36.9 Å². The highest BCUT2D eigenvalue weighted by Crippen LogP contribution is 2.30. The summed E-state index contributed by atoms with van der Waals surface area (Å²) in [5.41, 5.74) is 2.59. The summed E-state index contributed by atoms with van der Waals surface area (Å²) in [6.07, 6.45) is 1.39. The fourth-order valence-corrected chi connectivity index (χ4v) is 3.05. The van der Waals surface area contributed by atoms with Crippen LogP contribution in [0.5, 0.6) is 0 Å². The molecule has 3 atom stereocenters. The average molecular weight is 429 g/mol. The van der Waals surface area contributed by atoms with Gasteiger partial charge in [-0.3, -0.25) is 4.99 Å². The van der Waals surface area contributed by atoms with E-state index in [0.717, 1.165) is 38.1 Å². The van der Waals surface area contributed by atoms with E-state index in [1.54, 1.807) is 0 Å². The smallest absolute Gasteiger partial charge is 0.194 e. The second kappa shape index (κ2) is 8.33. The average Bonchev–Trinajstić information content (AvgIpc) is 3.23. The second-order valence-corrected chi connectivity index (χ2v) is 6.42. The van der Waals surface area contributed by atoms with Crippen molar-refractivity contribution < 1.29 is 4.74 Å². The molecule has 0 radical (unpaired) electrons. The Bertz CT molecular complexity index is 549. The molecular weight excluding hydrogens is 401 g/mol. The van der Waals surface area contributed by atoms with Crippen LogP contribution >= 0.6 is 24.0 Å². The van der Waals surface area contributed by atoms with Gasteiger partial charge < -0.3 is 15.0 Å². The van der Waals surface area contributed by atoms with Crippen LogP contribution in [-0.2, 0) is 4.74 Å². The number of halogens is 1. The lowest BCUT2D eigenvalue weighted by atomic mass is 10.0. The van der Waals surface area contributed by atoms with Crippen molar-refractivity contribution in [1.29, 1.82) is 0 Å². The molecule has 1 saturated carbocycles. The van der Waals surface area contributed by atoms with E-state index in [4.69, 9.17) is 4.74 Å². The highest BCUT2D eigenvalue weighted by Gasteiger charge is 2.35. The maximum Gasteiger partial charge on any atom is 0.194 e. The first kappa shape index (κ1) is 18.5. The summed E-state index contributed by atoms with van der Waals surface area (Å²) < 4.78 is 6.02. The molecule has 0 spiro atoms. The van der Waals surface area contributed by atoms with Crippen LogP contribution < -0.4 is 5.32 Å². The SMILES string of the molecule is CCN=C(NC1CC1C)N1CCOC(c2ccccc2C)C1.I. The van der Waals surface area contributed by atoms with Crippen molar-refractivity contribution in [3.8, 4) is 0 Å². The quantitative estimate of drug-likeness (QED) is 0.455. The molecule has 23 heavy (non-hydrogen) atoms. The molecule has 5 heteroatoms. The molecule has 0 aromatic heterocycles. The van der Waals surface area contributed by atoms with Gasteiger partial charge >= 0.3 is 0 Å². The third kappa shape index (κ3) is 4.59. The summed E-state index contributed by atoms with van der Waals surface area (Å²) in [5, 5.41) is 3.62. The monoisotopic (exact) mass is 429 g/mol. The van der Waals surface area contributed by atoms with Gasteiger partial charge in [-0.1, -0.05) is 31.2 Å². The molecule has 2 fully saturated rings. The van der Waals surface area contributed by atoms with Crippen molar-refractivity contribution >= 4 is 29.9 Å². The number of aliphatic imine (C=N–C) groups is 1. The number of benzene rings is 1. The first-order valence-electron chi connectivity index (χ1n) is 8.42. The highest BCUT2D eigenvalue weighted by molar-refractivity contribution is 14.0. The molecule has 1 aromatic carbocycles. The number of ether oxygens (including phenoxy) is 1. The van der Waals surface area contributed by atoms with Gasteiger partial charge in [0.15, 0.2) is 5.96 Å². The minimum absolute atomic E-state index is 0. The van der Waals surface area contributed by atoms with Gasteiger partial charge in [0, 0.05) is 19.1 Å². The standard InChI is InChI=1S/C18H27N3O.HI/c1-4-19-18(20-16-11-14(16)3)21-9-10-22-17(12-21)15-8-6-5-7-13(15)2;/h5-8,14,16-17H,4,9-12H2,1-3H3,(H,19,20);1H. The largest absolute Gasteiger partial charge is 0.370 e. The van der Waals surface area contributed by atoms with Gasteiger partial charge in [0.25, 0.3) is 0 Å². The number of hydrogen-bond acceptors (Lipinski definition) is 2. The molecule has 1 aromatic rings. The number of nitrogens with one attached hydrogen (secondary N) is 1. The van der Waals surface area contributed by atoms with E-state index in [1.807, 2.05) is 0 Å². The molecule has 0 amide bonds. The third-order valence-corrected chi connectivity index (χ3v) is 4.63. The van der Waals surface area contributed by atoms with E-state index in [9.17, 15) is 0 Å². The van der Waals surface area contributed by atoms with Crippen molar-refractivity contribution in [3.63, 3.8) is 0 Å². The number of hydrogen-bond donors (Lipinski definition) is 1. The Hall–Kier alpha value is -0.820. The van der Waals surface area contributed by atoms with Gasteiger partial charge in [-0.15, -0.1) is 24.0 Å². The van der Waals surface area contributed by atoms with E-state index in [0.29, 0.717) is 6.04 Å². The third-order valence-electron chi connectivity index (χ3n) is 4.63. The molecule has 3 unspecified atom stereocenters. The van der Waals surface area contributed by atoms with Crippen LogP contribution in [0.25, 0.3) is 0 Å². The zero-order valence-electron chi connectivity index (χ0n) is 14.3. The van der Waals surface area contributed by atoms with Gasteiger partial charge in [0.05, 0.1) is 13.2 Å². The maximum atomic E-state index is 6.02. The predicted octanol–water partition coefficient (Wildman–Crippen LogP) is 3.36. The lowest BCUT2D eigenvalue weighted by Gasteiger charge is -2.36. The van der Waals surface area contributed by atoms with Crippen molar-refractivity contribution in [1.82, 2.24) is 10.2 Å². The van der Waals surface area contributed by atoms with E-state index in [-0.39, 0.29) is 30.1 Å². The molecule has 2 aliphatic rings. The molecule has 1 heterocycles. The molecule has 1 N–H and O–H groups in total. The lowest BCUT2D eigenvalue weighted by molar-refractivity contribution is -0.00840. The van der Waals surface area contributed by atoms with Gasteiger partial charge in [0.1, 0.15) is 6.10 Å². The van der Waals surface area contributed by atoms with Gasteiger partial charge in [-0.2, -0.15) is 0 Å². The minimum Gasteiger partial charge on any atom is -0.370 e. The lowest BCUT2D eigenvalue weighted by Crippen LogP contribution is -2.49. The molecule has 0 bridgehead atoms. The van der Waals surface area contributed by atoms with Crippen LogP contribution in [0.2, 0.25) is 0 Å². The number of morpholine rings is 1. The Kier molecular flexibility index (Phi) is 6.71. The number of aryl methyl sites for hydroxylation is 1. The van der Waals surface area contributed by atoms with Crippen LogP contribution in [0, 0.1) is 12.8 Å². The molecule has 3 rings (SSSR count). The molecular formula is C18H28IN3O. The molecule has 128 valence electrons. The van der Waals surface area contributed by atoms with Crippen LogP contribution in [0.3, 0.4) is 0 Å². The van der Waals surface area contributed by atoms with Gasteiger partial charge in [0.2, 0.25) is 0 Å². The van der Waals surface area contributed by atoms with Crippen LogP contribution in [0.1, 0.15) is 37.5 Å². The van der Waals surface area contributed by atoms with Crippen LogP contribution in [-0.4, -0.2) is 43.1 Å². The van der Waals surface area contributed by atoms with Crippen molar-refractivity contribution in [3.05, 3.63) is 35.4 Å². The first-order valence-corrected chi connectivity index (χ1v) is 8.42. The van der Waals surface area contributed by atoms with Crippen LogP contribution in [0.15, 0.2) is 29.3 Å². The predicted molar refractivity (Wildman–Crippen MR) is 106 cm³/mol. The highest BCUT2D eigenvalue weighted by atomic mass is 127. The second-order valence-electron chi connectivity index (χ2n) is 6.42. The number of nitrogens with zero attached hydrogens (tertiary/aromatic N) is 2. The zero-order valence-corrected chi connectivity index (χ0v) is 16.6. The first-order chi connectivity index (χ1) is 10.7. The summed E-state index contributed by atoms with van der Waals surface area (Å²) in [4.78, 5) is 7.05. The number of guanidine groups is 1. The van der Waals surface area contributed by atoms with E-state index < -0.39 is 0 Å². The van der Waals surface area contributed by atoms with Crippen molar-refractivity contribution in [2.45, 2.75) is 39.3 Å².